The van der Waals surface area contributed by atoms with Gasteiger partial charge in [0.2, 0.25) is 0 Å². The number of hydrogen-bond donors (Lipinski definition) is 1. The second-order valence-electron chi connectivity index (χ2n) is 4.95. The van der Waals surface area contributed by atoms with Gasteiger partial charge in [-0.25, -0.2) is 9.59 Å². The van der Waals surface area contributed by atoms with E-state index in [1.165, 1.54) is 4.90 Å². The molecule has 1 rings (SSSR count). The number of unbranched alkanes of at least 4 members (excludes halogenated alkanes) is 1. The molecule has 1 saturated heterocycles. The number of amides is 2. The number of rotatable bonds is 4. The van der Waals surface area contributed by atoms with Gasteiger partial charge in [0.15, 0.2) is 0 Å². The first kappa shape index (κ1) is 14.8. The smallest absolute Gasteiger partial charge is 0.326 e. The van der Waals surface area contributed by atoms with Crippen molar-refractivity contribution in [2.24, 2.45) is 0 Å². The van der Waals surface area contributed by atoms with Gasteiger partial charge in [-0.05, 0) is 19.3 Å². The summed E-state index contributed by atoms with van der Waals surface area (Å²) in [5.74, 6) is -0.880. The Labute approximate surface area is 109 Å². The minimum absolute atomic E-state index is 0.141. The summed E-state index contributed by atoms with van der Waals surface area (Å²) in [5.41, 5.74) is 0. The maximum absolute atomic E-state index is 12.3. The normalized spacial score (nSPS) is 20.3. The van der Waals surface area contributed by atoms with E-state index in [9.17, 15) is 14.7 Å². The highest BCUT2D eigenvalue weighted by Gasteiger charge is 2.32. The highest BCUT2D eigenvalue weighted by Crippen LogP contribution is 2.18. The molecule has 1 aliphatic rings. The third kappa shape index (κ3) is 3.89. The van der Waals surface area contributed by atoms with Gasteiger partial charge in [0.1, 0.15) is 6.04 Å². The van der Waals surface area contributed by atoms with Crippen LogP contribution in [-0.2, 0) is 4.79 Å². The van der Waals surface area contributed by atoms with Gasteiger partial charge < -0.3 is 14.9 Å². The maximum atomic E-state index is 12.3. The SMILES string of the molecule is CCCCN(C)C(=O)N1CCCCCC1C(=O)O. The van der Waals surface area contributed by atoms with Crippen molar-refractivity contribution < 1.29 is 14.7 Å². The quantitative estimate of drug-likeness (QED) is 0.838. The number of carbonyl (C=O) groups excluding carboxylic acids is 1. The second-order valence-corrected chi connectivity index (χ2v) is 4.95. The number of carboxylic acid groups (broad SMARTS) is 1. The van der Waals surface area contributed by atoms with E-state index in [-0.39, 0.29) is 6.03 Å². The molecular formula is C13H24N2O3. The van der Waals surface area contributed by atoms with Crippen molar-refractivity contribution in [3.05, 3.63) is 0 Å². The molecule has 1 fully saturated rings. The van der Waals surface area contributed by atoms with E-state index in [0.29, 0.717) is 19.5 Å². The van der Waals surface area contributed by atoms with Crippen LogP contribution >= 0.6 is 0 Å². The number of hydrogen-bond acceptors (Lipinski definition) is 2. The Balaban J connectivity index is 2.68. The van der Waals surface area contributed by atoms with Gasteiger partial charge in [0.05, 0.1) is 0 Å². The summed E-state index contributed by atoms with van der Waals surface area (Å²) in [5, 5.41) is 9.23. The van der Waals surface area contributed by atoms with Crippen molar-refractivity contribution in [1.82, 2.24) is 9.80 Å². The topological polar surface area (TPSA) is 60.9 Å². The highest BCUT2D eigenvalue weighted by molar-refractivity contribution is 5.82. The van der Waals surface area contributed by atoms with Crippen LogP contribution in [0.2, 0.25) is 0 Å². The molecule has 0 aromatic heterocycles. The number of urea groups is 1. The number of nitrogens with zero attached hydrogens (tertiary/aromatic N) is 2. The Morgan fingerprint density at radius 2 is 2.06 bits per heavy atom. The average Bonchev–Trinajstić information content (AvgIpc) is 2.60. The predicted molar refractivity (Wildman–Crippen MR) is 69.5 cm³/mol. The summed E-state index contributed by atoms with van der Waals surface area (Å²) >= 11 is 0. The van der Waals surface area contributed by atoms with Crippen LogP contribution in [-0.4, -0.2) is 53.1 Å². The van der Waals surface area contributed by atoms with Crippen LogP contribution in [0.5, 0.6) is 0 Å². The van der Waals surface area contributed by atoms with Crippen LogP contribution in [0.3, 0.4) is 0 Å². The zero-order valence-electron chi connectivity index (χ0n) is 11.4. The molecule has 1 heterocycles. The number of likely N-dealkylation sites (tertiary alicyclic amines) is 1. The molecule has 0 radical (unpaired) electrons. The van der Waals surface area contributed by atoms with Gasteiger partial charge in [-0.1, -0.05) is 26.2 Å². The lowest BCUT2D eigenvalue weighted by atomic mass is 10.1. The molecule has 18 heavy (non-hydrogen) atoms. The zero-order chi connectivity index (χ0) is 13.5. The van der Waals surface area contributed by atoms with Crippen molar-refractivity contribution in [3.63, 3.8) is 0 Å². The summed E-state index contributed by atoms with van der Waals surface area (Å²) in [4.78, 5) is 26.7. The van der Waals surface area contributed by atoms with Crippen LogP contribution in [0, 0.1) is 0 Å². The first-order chi connectivity index (χ1) is 8.57. The van der Waals surface area contributed by atoms with E-state index in [1.54, 1.807) is 11.9 Å². The first-order valence-corrected chi connectivity index (χ1v) is 6.82. The van der Waals surface area contributed by atoms with Crippen molar-refractivity contribution in [2.45, 2.75) is 51.5 Å². The summed E-state index contributed by atoms with van der Waals surface area (Å²) in [6.07, 6.45) is 5.35. The molecule has 5 nitrogen and oxygen atoms in total. The Morgan fingerprint density at radius 1 is 1.33 bits per heavy atom. The fourth-order valence-corrected chi connectivity index (χ4v) is 2.30. The molecule has 1 N–H and O–H groups in total. The van der Waals surface area contributed by atoms with E-state index in [4.69, 9.17) is 0 Å². The van der Waals surface area contributed by atoms with E-state index in [1.807, 2.05) is 0 Å². The molecule has 2 amide bonds. The van der Waals surface area contributed by atoms with Gasteiger partial charge in [0, 0.05) is 20.1 Å². The van der Waals surface area contributed by atoms with E-state index < -0.39 is 12.0 Å². The molecule has 104 valence electrons. The molecule has 0 bridgehead atoms. The summed E-state index contributed by atoms with van der Waals surface area (Å²) in [6.45, 7) is 3.33. The lowest BCUT2D eigenvalue weighted by Gasteiger charge is -2.31. The van der Waals surface area contributed by atoms with Crippen LogP contribution in [0.15, 0.2) is 0 Å². The number of carboxylic acids is 1. The van der Waals surface area contributed by atoms with Crippen molar-refractivity contribution in [1.29, 1.82) is 0 Å². The standard InChI is InChI=1S/C13H24N2O3/c1-3-4-9-14(2)13(18)15-10-7-5-6-8-11(15)12(16)17/h11H,3-10H2,1-2H3,(H,16,17). The highest BCUT2D eigenvalue weighted by atomic mass is 16.4. The molecule has 5 heteroatoms. The minimum Gasteiger partial charge on any atom is -0.480 e. The third-order valence-electron chi connectivity index (χ3n) is 3.46. The summed E-state index contributed by atoms with van der Waals surface area (Å²) in [6, 6.07) is -0.790. The van der Waals surface area contributed by atoms with Crippen molar-refractivity contribution >= 4 is 12.0 Å². The lowest BCUT2D eigenvalue weighted by molar-refractivity contribution is -0.142. The Morgan fingerprint density at radius 3 is 2.67 bits per heavy atom. The number of carbonyl (C=O) groups is 2. The van der Waals surface area contributed by atoms with Gasteiger partial charge >= 0.3 is 12.0 Å². The Bertz CT molecular complexity index is 294. The fraction of sp³-hybridized carbons (Fsp3) is 0.846. The molecule has 1 atom stereocenters. The molecule has 0 spiro atoms. The minimum atomic E-state index is -0.880. The van der Waals surface area contributed by atoms with Crippen LogP contribution in [0.4, 0.5) is 4.79 Å². The van der Waals surface area contributed by atoms with E-state index in [0.717, 1.165) is 32.1 Å². The van der Waals surface area contributed by atoms with Gasteiger partial charge in [0.25, 0.3) is 0 Å². The molecule has 0 aromatic carbocycles. The van der Waals surface area contributed by atoms with Crippen LogP contribution in [0.1, 0.15) is 45.4 Å². The second kappa shape index (κ2) is 7.24. The molecule has 0 saturated carbocycles. The zero-order valence-corrected chi connectivity index (χ0v) is 11.4. The van der Waals surface area contributed by atoms with E-state index >= 15 is 0 Å². The molecule has 1 aliphatic heterocycles. The maximum Gasteiger partial charge on any atom is 0.326 e. The summed E-state index contributed by atoms with van der Waals surface area (Å²) < 4.78 is 0. The van der Waals surface area contributed by atoms with Crippen molar-refractivity contribution in [3.8, 4) is 0 Å². The van der Waals surface area contributed by atoms with E-state index in [2.05, 4.69) is 6.92 Å². The lowest BCUT2D eigenvalue weighted by Crippen LogP contribution is -2.50. The summed E-state index contributed by atoms with van der Waals surface area (Å²) in [7, 11) is 1.75. The van der Waals surface area contributed by atoms with Crippen molar-refractivity contribution in [2.75, 3.05) is 20.1 Å². The van der Waals surface area contributed by atoms with Gasteiger partial charge in [-0.3, -0.25) is 0 Å². The molecule has 0 aromatic rings. The number of aliphatic carboxylic acids is 1. The van der Waals surface area contributed by atoms with Crippen LogP contribution < -0.4 is 0 Å². The Hall–Kier alpha value is -1.26. The van der Waals surface area contributed by atoms with Gasteiger partial charge in [-0.15, -0.1) is 0 Å². The molecule has 1 unspecified atom stereocenters. The van der Waals surface area contributed by atoms with Gasteiger partial charge in [-0.2, -0.15) is 0 Å². The largest absolute Gasteiger partial charge is 0.480 e. The molecule has 0 aliphatic carbocycles. The predicted octanol–water partition coefficient (Wildman–Crippen LogP) is 2.17. The Kier molecular flexibility index (Phi) is 5.95. The fourth-order valence-electron chi connectivity index (χ4n) is 2.30. The first-order valence-electron chi connectivity index (χ1n) is 6.82. The van der Waals surface area contributed by atoms with Crippen LogP contribution in [0.25, 0.3) is 0 Å². The monoisotopic (exact) mass is 256 g/mol. The molecular weight excluding hydrogens is 232 g/mol. The third-order valence-corrected chi connectivity index (χ3v) is 3.46. The average molecular weight is 256 g/mol.